The van der Waals surface area contributed by atoms with Gasteiger partial charge in [-0.15, -0.1) is 0 Å². The molecule has 1 aliphatic heterocycles. The van der Waals surface area contributed by atoms with Gasteiger partial charge < -0.3 is 0 Å². The van der Waals surface area contributed by atoms with Gasteiger partial charge in [-0.1, -0.05) is 0 Å². The number of carbonyl (C=O) groups excluding carboxylic acids is 2. The molecule has 0 spiro atoms. The van der Waals surface area contributed by atoms with Crippen LogP contribution in [0.25, 0.3) is 0 Å². The molecule has 1 aromatic carbocycles. The third-order valence-corrected chi connectivity index (χ3v) is 4.87. The molecule has 0 aromatic heterocycles. The van der Waals surface area contributed by atoms with Gasteiger partial charge in [0, 0.05) is 12.1 Å². The Morgan fingerprint density at radius 3 is 2.24 bits per heavy atom. The van der Waals surface area contributed by atoms with E-state index in [2.05, 4.69) is 0 Å². The monoisotopic (exact) mass is 322 g/mol. The second-order valence-corrected chi connectivity index (χ2v) is 6.16. The number of hydrogen-bond acceptors (Lipinski definition) is 4. The summed E-state index contributed by atoms with van der Waals surface area (Å²) >= 11 is 0. The highest BCUT2D eigenvalue weighted by molar-refractivity contribution is 7.89. The molecule has 6 nitrogen and oxygen atoms in total. The summed E-state index contributed by atoms with van der Waals surface area (Å²) in [6.45, 7) is 0.379. The van der Waals surface area contributed by atoms with Crippen LogP contribution < -0.4 is 5.32 Å². The zero-order valence-electron chi connectivity index (χ0n) is 10.6. The van der Waals surface area contributed by atoms with Gasteiger partial charge in [-0.05, 0) is 6.92 Å². The number of carbonyl (C=O) groups is 2. The van der Waals surface area contributed by atoms with Crippen LogP contribution in [0.1, 0.15) is 6.92 Å². The molecule has 1 heterocycles. The molecule has 2 amide bonds. The lowest BCUT2D eigenvalue weighted by Crippen LogP contribution is -2.58. The highest BCUT2D eigenvalue weighted by Crippen LogP contribution is 2.26. The summed E-state index contributed by atoms with van der Waals surface area (Å²) in [5, 5.41) is 1.89. The summed E-state index contributed by atoms with van der Waals surface area (Å²) in [4.78, 5) is 21.3. The molecule has 0 bridgehead atoms. The van der Waals surface area contributed by atoms with Gasteiger partial charge in [-0.2, -0.15) is 4.31 Å². The van der Waals surface area contributed by atoms with E-state index in [4.69, 9.17) is 0 Å². The summed E-state index contributed by atoms with van der Waals surface area (Å²) in [6.07, 6.45) is 0. The molecule has 21 heavy (non-hydrogen) atoms. The number of hydrogen-bond donors (Lipinski definition) is 1. The SMILES string of the molecule is CC1C(=O)NC(=O)CN1S(=O)(=O)c1c(F)cc(F)cc1F. The lowest BCUT2D eigenvalue weighted by atomic mass is 10.2. The normalized spacial score (nSPS) is 20.5. The van der Waals surface area contributed by atoms with E-state index in [1.807, 2.05) is 5.32 Å². The van der Waals surface area contributed by atoms with Crippen molar-refractivity contribution in [1.29, 1.82) is 0 Å². The predicted molar refractivity (Wildman–Crippen MR) is 62.8 cm³/mol. The van der Waals surface area contributed by atoms with E-state index < -0.39 is 56.8 Å². The number of imide groups is 1. The van der Waals surface area contributed by atoms with Crippen molar-refractivity contribution in [3.05, 3.63) is 29.6 Å². The minimum atomic E-state index is -4.82. The van der Waals surface area contributed by atoms with E-state index in [1.54, 1.807) is 0 Å². The maximum Gasteiger partial charge on any atom is 0.250 e. The van der Waals surface area contributed by atoms with Crippen LogP contribution in [0.15, 0.2) is 17.0 Å². The van der Waals surface area contributed by atoms with Crippen molar-refractivity contribution < 1.29 is 31.2 Å². The molecular weight excluding hydrogens is 313 g/mol. The van der Waals surface area contributed by atoms with Crippen molar-refractivity contribution in [2.45, 2.75) is 17.9 Å². The Kier molecular flexibility index (Phi) is 3.76. The van der Waals surface area contributed by atoms with Gasteiger partial charge in [0.05, 0.1) is 6.54 Å². The quantitative estimate of drug-likeness (QED) is 0.785. The van der Waals surface area contributed by atoms with Crippen LogP contribution in [-0.2, 0) is 19.6 Å². The maximum atomic E-state index is 13.6. The van der Waals surface area contributed by atoms with Gasteiger partial charge in [0.15, 0.2) is 4.90 Å². The van der Waals surface area contributed by atoms with E-state index in [1.165, 1.54) is 0 Å². The number of halogens is 3. The second kappa shape index (κ2) is 5.11. The van der Waals surface area contributed by atoms with Gasteiger partial charge in [-0.25, -0.2) is 21.6 Å². The van der Waals surface area contributed by atoms with Crippen molar-refractivity contribution in [2.24, 2.45) is 0 Å². The summed E-state index contributed by atoms with van der Waals surface area (Å²) in [6, 6.07) is -0.935. The third kappa shape index (κ3) is 2.63. The van der Waals surface area contributed by atoms with Crippen molar-refractivity contribution in [1.82, 2.24) is 9.62 Å². The topological polar surface area (TPSA) is 83.6 Å². The maximum absolute atomic E-state index is 13.6. The molecule has 1 N–H and O–H groups in total. The summed E-state index contributed by atoms with van der Waals surface area (Å²) in [5.41, 5.74) is 0. The molecule has 1 unspecified atom stereocenters. The molecule has 1 fully saturated rings. The zero-order valence-corrected chi connectivity index (χ0v) is 11.4. The molecule has 0 aliphatic carbocycles. The number of nitrogens with one attached hydrogen (secondary N) is 1. The molecule has 2 rings (SSSR count). The molecular formula is C11H9F3N2O4S. The van der Waals surface area contributed by atoms with Crippen molar-refractivity contribution >= 4 is 21.8 Å². The third-order valence-electron chi connectivity index (χ3n) is 2.90. The number of amides is 2. The standard InChI is InChI=1S/C11H9F3N2O4S/c1-5-11(18)15-9(17)4-16(5)21(19,20)10-7(13)2-6(12)3-8(10)14/h2-3,5H,4H2,1H3,(H,15,17,18). The zero-order chi connectivity index (χ0) is 15.9. The average Bonchev–Trinajstić information content (AvgIpc) is 2.31. The van der Waals surface area contributed by atoms with Crippen molar-refractivity contribution in [3.63, 3.8) is 0 Å². The van der Waals surface area contributed by atoms with Gasteiger partial charge in [-0.3, -0.25) is 14.9 Å². The minimum Gasteiger partial charge on any atom is -0.294 e. The minimum absolute atomic E-state index is 0.201. The fraction of sp³-hybridized carbons (Fsp3) is 0.273. The number of nitrogens with zero attached hydrogens (tertiary/aromatic N) is 1. The lowest BCUT2D eigenvalue weighted by Gasteiger charge is -2.30. The van der Waals surface area contributed by atoms with Crippen LogP contribution in [0.4, 0.5) is 13.2 Å². The van der Waals surface area contributed by atoms with E-state index in [9.17, 15) is 31.2 Å². The lowest BCUT2D eigenvalue weighted by molar-refractivity contribution is -0.136. The molecule has 1 aromatic rings. The average molecular weight is 322 g/mol. The van der Waals surface area contributed by atoms with Gasteiger partial charge in [0.25, 0.3) is 0 Å². The van der Waals surface area contributed by atoms with Crippen LogP contribution in [0.3, 0.4) is 0 Å². The first kappa shape index (κ1) is 15.4. The second-order valence-electron chi connectivity index (χ2n) is 4.34. The van der Waals surface area contributed by atoms with Crippen LogP contribution in [-0.4, -0.2) is 37.1 Å². The molecule has 1 atom stereocenters. The highest BCUT2D eigenvalue weighted by Gasteiger charge is 2.41. The fourth-order valence-electron chi connectivity index (χ4n) is 1.88. The summed E-state index contributed by atoms with van der Waals surface area (Å²) in [5.74, 6) is -6.41. The van der Waals surface area contributed by atoms with Crippen LogP contribution >= 0.6 is 0 Å². The summed E-state index contributed by atoms with van der Waals surface area (Å²) < 4.78 is 64.9. The molecule has 0 radical (unpaired) electrons. The molecule has 10 heteroatoms. The highest BCUT2D eigenvalue weighted by atomic mass is 32.2. The van der Waals surface area contributed by atoms with Gasteiger partial charge >= 0.3 is 0 Å². The van der Waals surface area contributed by atoms with Crippen molar-refractivity contribution in [3.8, 4) is 0 Å². The Morgan fingerprint density at radius 2 is 1.71 bits per heavy atom. The van der Waals surface area contributed by atoms with E-state index in [-0.39, 0.29) is 12.1 Å². The smallest absolute Gasteiger partial charge is 0.250 e. The predicted octanol–water partition coefficient (Wildman–Crippen LogP) is 0.139. The van der Waals surface area contributed by atoms with Crippen LogP contribution in [0.2, 0.25) is 0 Å². The van der Waals surface area contributed by atoms with Gasteiger partial charge in [0.2, 0.25) is 21.8 Å². The van der Waals surface area contributed by atoms with Crippen LogP contribution in [0.5, 0.6) is 0 Å². The number of piperazine rings is 1. The fourth-order valence-corrected chi connectivity index (χ4v) is 3.52. The van der Waals surface area contributed by atoms with E-state index >= 15 is 0 Å². The summed E-state index contributed by atoms with van der Waals surface area (Å²) in [7, 11) is -4.82. The Hall–Kier alpha value is -1.94. The largest absolute Gasteiger partial charge is 0.294 e. The molecule has 1 aliphatic rings. The first-order chi connectivity index (χ1) is 9.64. The van der Waals surface area contributed by atoms with Crippen molar-refractivity contribution in [2.75, 3.05) is 6.54 Å². The van der Waals surface area contributed by atoms with Gasteiger partial charge in [0.1, 0.15) is 23.5 Å². The number of rotatable bonds is 2. The molecule has 114 valence electrons. The first-order valence-electron chi connectivity index (χ1n) is 5.64. The Balaban J connectivity index is 2.57. The van der Waals surface area contributed by atoms with E-state index in [0.717, 1.165) is 6.92 Å². The van der Waals surface area contributed by atoms with Crippen LogP contribution in [0, 0.1) is 17.5 Å². The Labute approximate surface area is 117 Å². The van der Waals surface area contributed by atoms with E-state index in [0.29, 0.717) is 4.31 Å². The molecule has 1 saturated heterocycles. The first-order valence-corrected chi connectivity index (χ1v) is 7.08. The number of sulfonamides is 1. The Bertz CT molecular complexity index is 712. The number of benzene rings is 1. The Morgan fingerprint density at radius 1 is 1.19 bits per heavy atom. The molecule has 0 saturated carbocycles.